The van der Waals surface area contributed by atoms with Crippen molar-refractivity contribution in [1.82, 2.24) is 20.0 Å². The minimum Gasteiger partial charge on any atom is -0.300 e. The number of carbonyl (C=O) groups excluding carboxylic acids is 1. The van der Waals surface area contributed by atoms with E-state index >= 15 is 0 Å². The zero-order chi connectivity index (χ0) is 20.4. The summed E-state index contributed by atoms with van der Waals surface area (Å²) in [6.45, 7) is -0.0247. The molecule has 0 saturated heterocycles. The van der Waals surface area contributed by atoms with Gasteiger partial charge in [0.15, 0.2) is 5.13 Å². The van der Waals surface area contributed by atoms with Crippen LogP contribution < -0.4 is 5.32 Å². The molecule has 148 valence electrons. The fourth-order valence-electron chi connectivity index (χ4n) is 2.83. The van der Waals surface area contributed by atoms with Gasteiger partial charge in [-0.1, -0.05) is 35.5 Å². The number of hydrogen-bond acceptors (Lipinski definition) is 5. The van der Waals surface area contributed by atoms with Crippen LogP contribution in [0.2, 0.25) is 0 Å². The number of halogens is 3. The summed E-state index contributed by atoms with van der Waals surface area (Å²) in [5, 5.41) is 11.0. The predicted molar refractivity (Wildman–Crippen MR) is 103 cm³/mol. The molecule has 4 rings (SSSR count). The van der Waals surface area contributed by atoms with E-state index in [4.69, 9.17) is 0 Å². The molecule has 2 aromatic heterocycles. The molecule has 0 aliphatic carbocycles. The van der Waals surface area contributed by atoms with Gasteiger partial charge >= 0.3 is 6.18 Å². The van der Waals surface area contributed by atoms with Crippen LogP contribution in [0.25, 0.3) is 11.0 Å². The van der Waals surface area contributed by atoms with Crippen LogP contribution >= 0.6 is 11.3 Å². The first-order valence-corrected chi connectivity index (χ1v) is 9.39. The Kier molecular flexibility index (Phi) is 5.01. The fourth-order valence-corrected chi connectivity index (χ4v) is 3.70. The lowest BCUT2D eigenvalue weighted by molar-refractivity contribution is -0.137. The number of nitrogens with one attached hydrogen (secondary N) is 1. The highest BCUT2D eigenvalue weighted by molar-refractivity contribution is 7.15. The summed E-state index contributed by atoms with van der Waals surface area (Å²) in [5.74, 6) is -0.319. The van der Waals surface area contributed by atoms with Gasteiger partial charge in [0.1, 0.15) is 12.1 Å². The number of carbonyl (C=O) groups is 1. The highest BCUT2D eigenvalue weighted by atomic mass is 32.1. The zero-order valence-corrected chi connectivity index (χ0v) is 15.7. The van der Waals surface area contributed by atoms with Crippen LogP contribution in [0.15, 0.2) is 54.7 Å². The van der Waals surface area contributed by atoms with Crippen LogP contribution in [0.3, 0.4) is 0 Å². The Hall–Kier alpha value is -3.27. The third-order valence-corrected chi connectivity index (χ3v) is 5.06. The quantitative estimate of drug-likeness (QED) is 0.530. The molecule has 4 aromatic rings. The fraction of sp³-hybridized carbons (Fsp3) is 0.158. The Labute approximate surface area is 167 Å². The first kappa shape index (κ1) is 19.1. The van der Waals surface area contributed by atoms with Crippen LogP contribution in [0.5, 0.6) is 0 Å². The first-order valence-electron chi connectivity index (χ1n) is 8.57. The highest BCUT2D eigenvalue weighted by Gasteiger charge is 2.30. The largest absolute Gasteiger partial charge is 0.416 e. The maximum Gasteiger partial charge on any atom is 0.416 e. The van der Waals surface area contributed by atoms with E-state index in [-0.39, 0.29) is 12.5 Å². The monoisotopic (exact) mass is 417 g/mol. The first-order chi connectivity index (χ1) is 13.9. The number of hydrogen-bond donors (Lipinski definition) is 1. The second-order valence-corrected chi connectivity index (χ2v) is 7.41. The van der Waals surface area contributed by atoms with Crippen LogP contribution in [0.4, 0.5) is 18.3 Å². The van der Waals surface area contributed by atoms with Gasteiger partial charge in [-0.05, 0) is 23.8 Å². The minimum atomic E-state index is -4.38. The van der Waals surface area contributed by atoms with E-state index in [0.717, 1.165) is 22.5 Å². The summed E-state index contributed by atoms with van der Waals surface area (Å²) in [6, 6.07) is 12.5. The Morgan fingerprint density at radius 1 is 1.14 bits per heavy atom. The lowest BCUT2D eigenvalue weighted by Gasteiger charge is -2.07. The van der Waals surface area contributed by atoms with Gasteiger partial charge in [-0.25, -0.2) is 9.67 Å². The minimum absolute atomic E-state index is 0.0247. The predicted octanol–water partition coefficient (Wildman–Crippen LogP) is 4.14. The van der Waals surface area contributed by atoms with Crippen molar-refractivity contribution in [2.75, 3.05) is 5.32 Å². The van der Waals surface area contributed by atoms with Crippen molar-refractivity contribution in [2.45, 2.75) is 19.1 Å². The number of anilines is 1. The molecule has 0 aliphatic heterocycles. The van der Waals surface area contributed by atoms with Gasteiger partial charge in [0.05, 0.1) is 11.1 Å². The summed E-state index contributed by atoms with van der Waals surface area (Å²) in [7, 11) is 0. The van der Waals surface area contributed by atoms with Crippen LogP contribution in [-0.4, -0.2) is 25.9 Å². The number of para-hydroxylation sites is 1. The second-order valence-electron chi connectivity index (χ2n) is 6.29. The Balaban J connectivity index is 1.41. The molecule has 0 bridgehead atoms. The van der Waals surface area contributed by atoms with Crippen LogP contribution in [0.1, 0.15) is 16.0 Å². The van der Waals surface area contributed by atoms with Crippen molar-refractivity contribution < 1.29 is 18.0 Å². The summed E-state index contributed by atoms with van der Waals surface area (Å²) in [4.78, 5) is 17.2. The van der Waals surface area contributed by atoms with E-state index in [9.17, 15) is 18.0 Å². The molecule has 0 unspecified atom stereocenters. The number of thiazole rings is 1. The number of benzene rings is 2. The molecule has 1 N–H and O–H groups in total. The second kappa shape index (κ2) is 7.63. The number of rotatable bonds is 5. The molecule has 0 fully saturated rings. The molecule has 6 nitrogen and oxygen atoms in total. The number of amides is 1. The van der Waals surface area contributed by atoms with E-state index < -0.39 is 11.7 Å². The van der Waals surface area contributed by atoms with Crippen LogP contribution in [-0.2, 0) is 23.9 Å². The van der Waals surface area contributed by atoms with Crippen LogP contribution in [0, 0.1) is 0 Å². The zero-order valence-electron chi connectivity index (χ0n) is 14.8. The Bertz CT molecular complexity index is 1170. The van der Waals surface area contributed by atoms with Crippen molar-refractivity contribution >= 4 is 33.4 Å². The van der Waals surface area contributed by atoms with Crippen molar-refractivity contribution in [1.29, 1.82) is 0 Å². The average molecular weight is 417 g/mol. The number of fused-ring (bicyclic) bond motifs is 1. The molecule has 0 radical (unpaired) electrons. The Morgan fingerprint density at radius 3 is 2.79 bits per heavy atom. The third kappa shape index (κ3) is 4.43. The molecule has 10 heteroatoms. The van der Waals surface area contributed by atoms with Gasteiger partial charge in [-0.2, -0.15) is 13.2 Å². The lowest BCUT2D eigenvalue weighted by atomic mass is 10.1. The molecular formula is C19H14F3N5OS. The summed E-state index contributed by atoms with van der Waals surface area (Å²) in [5.41, 5.74) is 1.27. The maximum atomic E-state index is 12.8. The van der Waals surface area contributed by atoms with E-state index in [1.807, 2.05) is 18.2 Å². The number of aromatic nitrogens is 4. The smallest absolute Gasteiger partial charge is 0.300 e. The summed E-state index contributed by atoms with van der Waals surface area (Å²) >= 11 is 1.22. The molecule has 2 aromatic carbocycles. The van der Waals surface area contributed by atoms with Crippen molar-refractivity contribution in [3.05, 3.63) is 70.7 Å². The topological polar surface area (TPSA) is 72.7 Å². The van der Waals surface area contributed by atoms with Crippen molar-refractivity contribution in [2.24, 2.45) is 0 Å². The van der Waals surface area contributed by atoms with Gasteiger partial charge in [-0.15, -0.1) is 16.4 Å². The Morgan fingerprint density at radius 2 is 1.97 bits per heavy atom. The highest BCUT2D eigenvalue weighted by Crippen LogP contribution is 2.30. The molecule has 0 atom stereocenters. The third-order valence-electron chi connectivity index (χ3n) is 4.15. The molecular weight excluding hydrogens is 403 g/mol. The standard InChI is InChI=1S/C19H14F3N5OS/c20-19(21,22)13-5-3-4-12(8-13)9-14-10-23-18(29-14)24-17(28)11-27-16-7-2-1-6-15(16)25-26-27/h1-8,10H,9,11H2,(H,23,24,28). The number of alkyl halides is 3. The summed E-state index contributed by atoms with van der Waals surface area (Å²) in [6.07, 6.45) is -2.54. The van der Waals surface area contributed by atoms with Gasteiger partial charge in [0.25, 0.3) is 0 Å². The van der Waals surface area contributed by atoms with Gasteiger partial charge in [0, 0.05) is 17.5 Å². The van der Waals surface area contributed by atoms with E-state index in [1.54, 1.807) is 18.3 Å². The lowest BCUT2D eigenvalue weighted by Crippen LogP contribution is -2.19. The van der Waals surface area contributed by atoms with E-state index in [1.165, 1.54) is 22.1 Å². The van der Waals surface area contributed by atoms with Gasteiger partial charge in [-0.3, -0.25) is 4.79 Å². The molecule has 29 heavy (non-hydrogen) atoms. The normalized spacial score (nSPS) is 11.7. The van der Waals surface area contributed by atoms with Gasteiger partial charge < -0.3 is 5.32 Å². The van der Waals surface area contributed by atoms with Crippen molar-refractivity contribution in [3.63, 3.8) is 0 Å². The molecule has 0 saturated carbocycles. The molecule has 0 aliphatic rings. The number of nitrogens with zero attached hydrogens (tertiary/aromatic N) is 4. The maximum absolute atomic E-state index is 12.8. The van der Waals surface area contributed by atoms with E-state index in [2.05, 4.69) is 20.6 Å². The molecule has 2 heterocycles. The average Bonchev–Trinajstić information content (AvgIpc) is 3.28. The van der Waals surface area contributed by atoms with E-state index in [0.29, 0.717) is 22.6 Å². The van der Waals surface area contributed by atoms with Crippen molar-refractivity contribution in [3.8, 4) is 0 Å². The van der Waals surface area contributed by atoms with Gasteiger partial charge in [0.2, 0.25) is 5.91 Å². The SMILES string of the molecule is O=C(Cn1nnc2ccccc21)Nc1ncc(Cc2cccc(C(F)(F)F)c2)s1. The summed E-state index contributed by atoms with van der Waals surface area (Å²) < 4.78 is 40.0. The molecule has 1 amide bonds. The molecule has 0 spiro atoms.